The van der Waals surface area contributed by atoms with Gasteiger partial charge in [0.05, 0.1) is 11.1 Å². The molecule has 1 fully saturated rings. The van der Waals surface area contributed by atoms with Gasteiger partial charge in [-0.05, 0) is 49.3 Å². The van der Waals surface area contributed by atoms with E-state index >= 15 is 0 Å². The monoisotopic (exact) mass is 483 g/mol. The number of nitrogens with zero attached hydrogens (tertiary/aromatic N) is 5. The van der Waals surface area contributed by atoms with E-state index in [1.165, 1.54) is 12.0 Å². The lowest BCUT2D eigenvalue weighted by Crippen LogP contribution is -2.36. The maximum Gasteiger partial charge on any atom is 0.250 e. The van der Waals surface area contributed by atoms with Crippen molar-refractivity contribution in [2.75, 3.05) is 51.2 Å². The molecule has 1 aliphatic rings. The molecule has 0 aliphatic carbocycles. The number of imidazole rings is 1. The Morgan fingerprint density at radius 2 is 1.81 bits per heavy atom. The van der Waals surface area contributed by atoms with Crippen molar-refractivity contribution in [3.05, 3.63) is 78.0 Å². The molecule has 3 heterocycles. The Morgan fingerprint density at radius 3 is 2.58 bits per heavy atom. The fourth-order valence-corrected chi connectivity index (χ4v) is 4.77. The lowest BCUT2D eigenvalue weighted by molar-refractivity contribution is 0.100. The average Bonchev–Trinajstić information content (AvgIpc) is 3.22. The number of rotatable bonds is 8. The van der Waals surface area contributed by atoms with Gasteiger partial charge in [0.15, 0.2) is 0 Å². The van der Waals surface area contributed by atoms with Crippen LogP contribution in [0.5, 0.6) is 0 Å². The SMILES string of the molecule is CN(CCN1CCCN(Cc2ccccc2)CC1)c1ccc(-c2nc3c(C(N)=O)cccc3[nH]2)cn1. The van der Waals surface area contributed by atoms with Gasteiger partial charge in [0.1, 0.15) is 17.2 Å². The third-order valence-electron chi connectivity index (χ3n) is 6.87. The highest BCUT2D eigenvalue weighted by molar-refractivity contribution is 6.04. The summed E-state index contributed by atoms with van der Waals surface area (Å²) < 4.78 is 0. The highest BCUT2D eigenvalue weighted by Crippen LogP contribution is 2.23. The number of fused-ring (bicyclic) bond motifs is 1. The summed E-state index contributed by atoms with van der Waals surface area (Å²) in [5.74, 6) is 1.11. The standard InChI is InChI=1S/C28H33N7O/c1-33(15-16-34-13-6-14-35(18-17-34)20-21-7-3-2-4-8-21)25-12-11-22(19-30-25)28-31-24-10-5-9-23(27(29)36)26(24)32-28/h2-5,7-12,19H,6,13-18,20H2,1H3,(H2,29,36)(H,31,32). The topological polar surface area (TPSA) is 94.4 Å². The molecule has 0 bridgehead atoms. The van der Waals surface area contributed by atoms with Crippen LogP contribution in [0.2, 0.25) is 0 Å². The van der Waals surface area contributed by atoms with Crippen molar-refractivity contribution < 1.29 is 4.79 Å². The number of amides is 1. The molecule has 1 amide bonds. The zero-order valence-electron chi connectivity index (χ0n) is 20.7. The summed E-state index contributed by atoms with van der Waals surface area (Å²) in [6.45, 7) is 7.42. The Morgan fingerprint density at radius 1 is 1.00 bits per heavy atom. The van der Waals surface area contributed by atoms with Crippen LogP contribution in [0, 0.1) is 0 Å². The number of aromatic nitrogens is 3. The fraction of sp³-hybridized carbons (Fsp3) is 0.321. The molecule has 1 saturated heterocycles. The van der Waals surface area contributed by atoms with Crippen LogP contribution in [-0.4, -0.2) is 77.0 Å². The highest BCUT2D eigenvalue weighted by Gasteiger charge is 2.16. The number of hydrogen-bond acceptors (Lipinski definition) is 6. The van der Waals surface area contributed by atoms with E-state index in [4.69, 9.17) is 5.73 Å². The van der Waals surface area contributed by atoms with E-state index in [0.29, 0.717) is 16.9 Å². The summed E-state index contributed by atoms with van der Waals surface area (Å²) in [6, 6.07) is 20.1. The maximum atomic E-state index is 11.7. The second-order valence-electron chi connectivity index (χ2n) is 9.43. The molecule has 0 saturated carbocycles. The Balaban J connectivity index is 1.16. The largest absolute Gasteiger partial charge is 0.366 e. The molecule has 0 spiro atoms. The van der Waals surface area contributed by atoms with E-state index in [9.17, 15) is 4.79 Å². The molecule has 2 aromatic carbocycles. The minimum absolute atomic E-state index is 0.413. The van der Waals surface area contributed by atoms with Crippen molar-refractivity contribution in [3.63, 3.8) is 0 Å². The van der Waals surface area contributed by atoms with Gasteiger partial charge in [-0.3, -0.25) is 9.69 Å². The van der Waals surface area contributed by atoms with Gasteiger partial charge >= 0.3 is 0 Å². The molecule has 8 nitrogen and oxygen atoms in total. The van der Waals surface area contributed by atoms with Crippen LogP contribution in [0.4, 0.5) is 5.82 Å². The van der Waals surface area contributed by atoms with Crippen LogP contribution < -0.4 is 10.6 Å². The average molecular weight is 484 g/mol. The minimum atomic E-state index is -0.484. The van der Waals surface area contributed by atoms with Gasteiger partial charge in [-0.1, -0.05) is 36.4 Å². The van der Waals surface area contributed by atoms with Gasteiger partial charge in [0.2, 0.25) is 0 Å². The number of carbonyl (C=O) groups is 1. The molecule has 1 aliphatic heterocycles. The molecule has 4 aromatic rings. The van der Waals surface area contributed by atoms with Gasteiger partial charge in [-0.15, -0.1) is 0 Å². The van der Waals surface area contributed by atoms with Crippen LogP contribution in [0.3, 0.4) is 0 Å². The summed E-state index contributed by atoms with van der Waals surface area (Å²) in [7, 11) is 2.09. The Bertz CT molecular complexity index is 1300. The number of H-pyrrole nitrogens is 1. The lowest BCUT2D eigenvalue weighted by Gasteiger charge is -2.25. The van der Waals surface area contributed by atoms with E-state index in [1.54, 1.807) is 12.1 Å². The number of nitrogens with two attached hydrogens (primary N) is 1. The van der Waals surface area contributed by atoms with Crippen molar-refractivity contribution in [2.24, 2.45) is 5.73 Å². The first kappa shape index (κ1) is 24.0. The number of hydrogen-bond donors (Lipinski definition) is 2. The second-order valence-corrected chi connectivity index (χ2v) is 9.43. The van der Waals surface area contributed by atoms with E-state index in [1.807, 2.05) is 24.4 Å². The first-order chi connectivity index (χ1) is 17.6. The van der Waals surface area contributed by atoms with Crippen molar-refractivity contribution >= 4 is 22.8 Å². The summed E-state index contributed by atoms with van der Waals surface area (Å²) in [6.07, 6.45) is 3.01. The number of likely N-dealkylation sites (N-methyl/N-ethyl adjacent to an activating group) is 1. The van der Waals surface area contributed by atoms with Crippen molar-refractivity contribution in [1.29, 1.82) is 0 Å². The third kappa shape index (κ3) is 5.56. The van der Waals surface area contributed by atoms with E-state index in [2.05, 4.69) is 67.0 Å². The van der Waals surface area contributed by atoms with Crippen LogP contribution in [0.1, 0.15) is 22.3 Å². The van der Waals surface area contributed by atoms with Crippen LogP contribution >= 0.6 is 0 Å². The summed E-state index contributed by atoms with van der Waals surface area (Å²) in [4.78, 5) is 31.6. The van der Waals surface area contributed by atoms with Gasteiger partial charge in [0, 0.05) is 51.5 Å². The Labute approximate surface area is 211 Å². The molecule has 0 radical (unpaired) electrons. The first-order valence-corrected chi connectivity index (χ1v) is 12.5. The molecule has 0 unspecified atom stereocenters. The van der Waals surface area contributed by atoms with Crippen molar-refractivity contribution in [1.82, 2.24) is 24.8 Å². The molecular formula is C28H33N7O. The van der Waals surface area contributed by atoms with Crippen molar-refractivity contribution in [3.8, 4) is 11.4 Å². The van der Waals surface area contributed by atoms with E-state index < -0.39 is 5.91 Å². The quantitative estimate of drug-likeness (QED) is 0.399. The Kier molecular flexibility index (Phi) is 7.25. The second kappa shape index (κ2) is 10.9. The van der Waals surface area contributed by atoms with Crippen molar-refractivity contribution in [2.45, 2.75) is 13.0 Å². The predicted molar refractivity (Wildman–Crippen MR) is 144 cm³/mol. The molecule has 2 aromatic heterocycles. The maximum absolute atomic E-state index is 11.7. The number of aromatic amines is 1. The number of nitrogens with one attached hydrogen (secondary N) is 1. The molecule has 186 valence electrons. The summed E-state index contributed by atoms with van der Waals surface area (Å²) in [5.41, 5.74) is 9.52. The number of anilines is 1. The van der Waals surface area contributed by atoms with Gasteiger partial charge in [-0.25, -0.2) is 9.97 Å². The van der Waals surface area contributed by atoms with Crippen LogP contribution in [0.25, 0.3) is 22.4 Å². The van der Waals surface area contributed by atoms with E-state index in [-0.39, 0.29) is 0 Å². The van der Waals surface area contributed by atoms with Gasteiger partial charge in [-0.2, -0.15) is 0 Å². The number of para-hydroxylation sites is 1. The zero-order chi connectivity index (χ0) is 24.9. The predicted octanol–water partition coefficient (Wildman–Crippen LogP) is 3.37. The molecule has 0 atom stereocenters. The highest BCUT2D eigenvalue weighted by atomic mass is 16.1. The lowest BCUT2D eigenvalue weighted by atomic mass is 10.2. The Hall–Kier alpha value is -3.75. The molecular weight excluding hydrogens is 450 g/mol. The minimum Gasteiger partial charge on any atom is -0.366 e. The molecule has 36 heavy (non-hydrogen) atoms. The summed E-state index contributed by atoms with van der Waals surface area (Å²) >= 11 is 0. The number of benzene rings is 2. The fourth-order valence-electron chi connectivity index (χ4n) is 4.77. The first-order valence-electron chi connectivity index (χ1n) is 12.5. The van der Waals surface area contributed by atoms with Gasteiger partial charge < -0.3 is 20.5 Å². The number of carbonyl (C=O) groups excluding carboxylic acids is 1. The molecule has 8 heteroatoms. The zero-order valence-corrected chi connectivity index (χ0v) is 20.7. The normalized spacial score (nSPS) is 15.1. The summed E-state index contributed by atoms with van der Waals surface area (Å²) in [5, 5.41) is 0. The van der Waals surface area contributed by atoms with Crippen LogP contribution in [-0.2, 0) is 6.54 Å². The number of pyridine rings is 1. The molecule has 5 rings (SSSR count). The van der Waals surface area contributed by atoms with E-state index in [0.717, 1.165) is 62.7 Å². The van der Waals surface area contributed by atoms with Gasteiger partial charge in [0.25, 0.3) is 5.91 Å². The third-order valence-corrected chi connectivity index (χ3v) is 6.87. The number of primary amides is 1. The van der Waals surface area contributed by atoms with Crippen LogP contribution in [0.15, 0.2) is 66.9 Å². The smallest absolute Gasteiger partial charge is 0.250 e. The molecule has 3 N–H and O–H groups in total.